The summed E-state index contributed by atoms with van der Waals surface area (Å²) in [6.07, 6.45) is 0.610. The Balaban J connectivity index is 3.15. The Hall–Kier alpha value is -1.02. The van der Waals surface area contributed by atoms with Gasteiger partial charge in [-0.25, -0.2) is 0 Å². The smallest absolute Gasteiger partial charge is 0.125 e. The van der Waals surface area contributed by atoms with Crippen molar-refractivity contribution in [3.05, 3.63) is 28.8 Å². The van der Waals surface area contributed by atoms with Gasteiger partial charge in [-0.3, -0.25) is 0 Å². The summed E-state index contributed by atoms with van der Waals surface area (Å²) in [5.74, 6) is 0.891. The van der Waals surface area contributed by atoms with Crippen molar-refractivity contribution in [3.8, 4) is 5.75 Å². The molecule has 0 aliphatic rings. The average Bonchev–Trinajstić information content (AvgIpc) is 1.99. The molecular formula is C13H20O2. The number of aryl methyl sites for hydroxylation is 2. The Morgan fingerprint density at radius 2 is 1.87 bits per heavy atom. The van der Waals surface area contributed by atoms with Gasteiger partial charge >= 0.3 is 0 Å². The van der Waals surface area contributed by atoms with Crippen molar-refractivity contribution in [2.24, 2.45) is 0 Å². The predicted molar refractivity (Wildman–Crippen MR) is 62.5 cm³/mol. The molecular weight excluding hydrogens is 188 g/mol. The monoisotopic (exact) mass is 208 g/mol. The summed E-state index contributed by atoms with van der Waals surface area (Å²) >= 11 is 0. The predicted octanol–water partition coefficient (Wildman–Crippen LogP) is 2.63. The molecule has 1 N–H and O–H groups in total. The van der Waals surface area contributed by atoms with E-state index in [4.69, 9.17) is 4.74 Å². The summed E-state index contributed by atoms with van der Waals surface area (Å²) < 4.78 is 5.37. The molecule has 0 spiro atoms. The third kappa shape index (κ3) is 3.24. The van der Waals surface area contributed by atoms with Gasteiger partial charge in [0, 0.05) is 6.42 Å². The Morgan fingerprint density at radius 3 is 2.33 bits per heavy atom. The summed E-state index contributed by atoms with van der Waals surface area (Å²) in [6, 6.07) is 4.16. The second-order valence-electron chi connectivity index (χ2n) is 4.76. The first-order valence-electron chi connectivity index (χ1n) is 5.20. The maximum absolute atomic E-state index is 9.82. The lowest BCUT2D eigenvalue weighted by Gasteiger charge is -2.20. The fourth-order valence-corrected chi connectivity index (χ4v) is 1.93. The van der Waals surface area contributed by atoms with Crippen molar-refractivity contribution in [2.75, 3.05) is 7.11 Å². The van der Waals surface area contributed by atoms with Crippen LogP contribution in [0.15, 0.2) is 12.1 Å². The van der Waals surface area contributed by atoms with E-state index in [9.17, 15) is 5.11 Å². The number of hydrogen-bond donors (Lipinski definition) is 1. The van der Waals surface area contributed by atoms with E-state index in [0.717, 1.165) is 16.9 Å². The molecule has 0 fully saturated rings. The van der Waals surface area contributed by atoms with Crippen LogP contribution < -0.4 is 4.74 Å². The first-order chi connectivity index (χ1) is 6.83. The third-order valence-electron chi connectivity index (χ3n) is 2.32. The normalized spacial score (nSPS) is 11.6. The molecule has 1 aromatic rings. The lowest BCUT2D eigenvalue weighted by molar-refractivity contribution is 0.0802. The highest BCUT2D eigenvalue weighted by Crippen LogP contribution is 2.28. The van der Waals surface area contributed by atoms with Crippen LogP contribution in [0.25, 0.3) is 0 Å². The standard InChI is InChI=1S/C13H20O2/c1-9-6-10(2)12(15-5)11(7-9)8-13(3,4)14/h6-7,14H,8H2,1-5H3. The lowest BCUT2D eigenvalue weighted by atomic mass is 9.95. The van der Waals surface area contributed by atoms with Crippen LogP contribution in [0.4, 0.5) is 0 Å². The largest absolute Gasteiger partial charge is 0.496 e. The zero-order chi connectivity index (χ0) is 11.6. The summed E-state index contributed by atoms with van der Waals surface area (Å²) in [7, 11) is 1.67. The number of rotatable bonds is 3. The van der Waals surface area contributed by atoms with Crippen molar-refractivity contribution in [1.82, 2.24) is 0 Å². The maximum Gasteiger partial charge on any atom is 0.125 e. The number of methoxy groups -OCH3 is 1. The number of ether oxygens (including phenoxy) is 1. The van der Waals surface area contributed by atoms with Gasteiger partial charge in [-0.2, -0.15) is 0 Å². The summed E-state index contributed by atoms with van der Waals surface area (Å²) in [5, 5.41) is 9.82. The zero-order valence-corrected chi connectivity index (χ0v) is 10.2. The van der Waals surface area contributed by atoms with Crippen LogP contribution in [0.2, 0.25) is 0 Å². The van der Waals surface area contributed by atoms with Gasteiger partial charge in [0.1, 0.15) is 5.75 Å². The molecule has 0 heterocycles. The summed E-state index contributed by atoms with van der Waals surface area (Å²) in [6.45, 7) is 7.70. The molecule has 0 bridgehead atoms. The van der Waals surface area contributed by atoms with Gasteiger partial charge in [-0.1, -0.05) is 17.7 Å². The molecule has 15 heavy (non-hydrogen) atoms. The van der Waals surface area contributed by atoms with E-state index in [1.165, 1.54) is 5.56 Å². The van der Waals surface area contributed by atoms with E-state index in [2.05, 4.69) is 19.1 Å². The molecule has 2 nitrogen and oxygen atoms in total. The van der Waals surface area contributed by atoms with Gasteiger partial charge in [-0.15, -0.1) is 0 Å². The Kier molecular flexibility index (Phi) is 3.40. The maximum atomic E-state index is 9.82. The van der Waals surface area contributed by atoms with E-state index < -0.39 is 5.60 Å². The van der Waals surface area contributed by atoms with Crippen LogP contribution in [0.1, 0.15) is 30.5 Å². The molecule has 0 radical (unpaired) electrons. The molecule has 0 atom stereocenters. The summed E-state index contributed by atoms with van der Waals surface area (Å²) in [5.41, 5.74) is 2.69. The van der Waals surface area contributed by atoms with Crippen LogP contribution in [0.5, 0.6) is 5.75 Å². The van der Waals surface area contributed by atoms with Crippen molar-refractivity contribution in [2.45, 2.75) is 39.7 Å². The second kappa shape index (κ2) is 4.23. The average molecular weight is 208 g/mol. The van der Waals surface area contributed by atoms with Crippen LogP contribution in [-0.4, -0.2) is 17.8 Å². The van der Waals surface area contributed by atoms with Crippen molar-refractivity contribution in [1.29, 1.82) is 0 Å². The van der Waals surface area contributed by atoms with Crippen molar-refractivity contribution < 1.29 is 9.84 Å². The highest BCUT2D eigenvalue weighted by Gasteiger charge is 2.17. The first-order valence-corrected chi connectivity index (χ1v) is 5.20. The lowest BCUT2D eigenvalue weighted by Crippen LogP contribution is -2.22. The van der Waals surface area contributed by atoms with Gasteiger partial charge in [0.05, 0.1) is 12.7 Å². The number of aliphatic hydroxyl groups is 1. The van der Waals surface area contributed by atoms with E-state index in [-0.39, 0.29) is 0 Å². The van der Waals surface area contributed by atoms with Crippen molar-refractivity contribution >= 4 is 0 Å². The summed E-state index contributed by atoms with van der Waals surface area (Å²) in [4.78, 5) is 0. The van der Waals surface area contributed by atoms with Gasteiger partial charge < -0.3 is 9.84 Å². The molecule has 0 saturated heterocycles. The Morgan fingerprint density at radius 1 is 1.27 bits per heavy atom. The van der Waals surface area contributed by atoms with Crippen LogP contribution in [-0.2, 0) is 6.42 Å². The molecule has 0 unspecified atom stereocenters. The second-order valence-corrected chi connectivity index (χ2v) is 4.76. The molecule has 0 saturated carbocycles. The van der Waals surface area contributed by atoms with Crippen molar-refractivity contribution in [3.63, 3.8) is 0 Å². The molecule has 84 valence electrons. The Labute approximate surface area is 91.9 Å². The highest BCUT2D eigenvalue weighted by atomic mass is 16.5. The highest BCUT2D eigenvalue weighted by molar-refractivity contribution is 5.44. The van der Waals surface area contributed by atoms with E-state index in [0.29, 0.717) is 6.42 Å². The molecule has 2 heteroatoms. The van der Waals surface area contributed by atoms with Gasteiger partial charge in [0.2, 0.25) is 0 Å². The topological polar surface area (TPSA) is 29.5 Å². The quantitative estimate of drug-likeness (QED) is 0.827. The minimum Gasteiger partial charge on any atom is -0.496 e. The van der Waals surface area contributed by atoms with E-state index >= 15 is 0 Å². The molecule has 1 rings (SSSR count). The molecule has 0 amide bonds. The fourth-order valence-electron chi connectivity index (χ4n) is 1.93. The third-order valence-corrected chi connectivity index (χ3v) is 2.32. The van der Waals surface area contributed by atoms with Gasteiger partial charge in [-0.05, 0) is 38.8 Å². The van der Waals surface area contributed by atoms with Crippen LogP contribution >= 0.6 is 0 Å². The first kappa shape index (κ1) is 12.1. The van der Waals surface area contributed by atoms with Gasteiger partial charge in [0.25, 0.3) is 0 Å². The SMILES string of the molecule is COc1c(C)cc(C)cc1CC(C)(C)O. The molecule has 0 aromatic heterocycles. The van der Waals surface area contributed by atoms with E-state index in [1.807, 2.05) is 20.8 Å². The van der Waals surface area contributed by atoms with Gasteiger partial charge in [0.15, 0.2) is 0 Å². The number of hydrogen-bond acceptors (Lipinski definition) is 2. The Bertz CT molecular complexity index is 348. The number of benzene rings is 1. The van der Waals surface area contributed by atoms with E-state index in [1.54, 1.807) is 7.11 Å². The minimum absolute atomic E-state index is 0.610. The molecule has 0 aliphatic carbocycles. The minimum atomic E-state index is -0.701. The fraction of sp³-hybridized carbons (Fsp3) is 0.538. The molecule has 0 aliphatic heterocycles. The molecule has 1 aromatic carbocycles. The van der Waals surface area contributed by atoms with Crippen LogP contribution in [0.3, 0.4) is 0 Å². The zero-order valence-electron chi connectivity index (χ0n) is 10.2. The van der Waals surface area contributed by atoms with Crippen LogP contribution in [0, 0.1) is 13.8 Å².